The summed E-state index contributed by atoms with van der Waals surface area (Å²) in [7, 11) is 0. The Balaban J connectivity index is 2.10. The molecule has 0 bridgehead atoms. The minimum atomic E-state index is -0.415. The number of anilines is 1. The Kier molecular flexibility index (Phi) is 4.68. The molecule has 0 aromatic heterocycles. The summed E-state index contributed by atoms with van der Waals surface area (Å²) in [6.45, 7) is 2.61. The molecular weight excluding hydrogens is 340 g/mol. The number of amides is 1. The largest absolute Gasteiger partial charge is 0.381 e. The molecule has 0 atom stereocenters. The van der Waals surface area contributed by atoms with Gasteiger partial charge in [-0.25, -0.2) is 0 Å². The summed E-state index contributed by atoms with van der Waals surface area (Å²) >= 11 is 9.36. The van der Waals surface area contributed by atoms with Crippen molar-refractivity contribution in [2.45, 2.75) is 13.5 Å². The van der Waals surface area contributed by atoms with Crippen molar-refractivity contribution in [3.05, 3.63) is 62.6 Å². The lowest BCUT2D eigenvalue weighted by Crippen LogP contribution is -2.11. The van der Waals surface area contributed by atoms with Gasteiger partial charge in [-0.05, 0) is 64.3 Å². The van der Waals surface area contributed by atoms with Crippen molar-refractivity contribution in [1.29, 1.82) is 0 Å². The lowest BCUT2D eigenvalue weighted by Gasteiger charge is -2.11. The average molecular weight is 354 g/mol. The smallest absolute Gasteiger partial charge is 0.248 e. The van der Waals surface area contributed by atoms with Crippen LogP contribution in [-0.2, 0) is 6.54 Å². The number of hydrogen-bond donors (Lipinski definition) is 2. The van der Waals surface area contributed by atoms with Gasteiger partial charge in [0, 0.05) is 22.3 Å². The summed E-state index contributed by atoms with van der Waals surface area (Å²) in [6.07, 6.45) is 0. The van der Waals surface area contributed by atoms with Gasteiger partial charge in [-0.1, -0.05) is 17.7 Å². The van der Waals surface area contributed by atoms with Gasteiger partial charge in [-0.2, -0.15) is 0 Å². The fourth-order valence-electron chi connectivity index (χ4n) is 1.86. The van der Waals surface area contributed by atoms with E-state index in [1.807, 2.05) is 31.2 Å². The highest BCUT2D eigenvalue weighted by Gasteiger charge is 2.04. The Bertz CT molecular complexity index is 658. The zero-order valence-corrected chi connectivity index (χ0v) is 13.3. The lowest BCUT2D eigenvalue weighted by molar-refractivity contribution is 0.1000. The molecule has 0 aliphatic carbocycles. The molecule has 0 spiro atoms. The van der Waals surface area contributed by atoms with Gasteiger partial charge in [0.05, 0.1) is 5.02 Å². The van der Waals surface area contributed by atoms with Crippen molar-refractivity contribution >= 4 is 39.1 Å². The summed E-state index contributed by atoms with van der Waals surface area (Å²) in [4.78, 5) is 11.1. The molecule has 3 nitrogen and oxygen atoms in total. The number of carbonyl (C=O) groups is 1. The summed E-state index contributed by atoms with van der Waals surface area (Å²) < 4.78 is 0.874. The third kappa shape index (κ3) is 3.52. The predicted molar refractivity (Wildman–Crippen MR) is 86.2 cm³/mol. The lowest BCUT2D eigenvalue weighted by atomic mass is 10.1. The molecule has 2 rings (SSSR count). The summed E-state index contributed by atoms with van der Waals surface area (Å²) in [5, 5.41) is 4.02. The third-order valence-corrected chi connectivity index (χ3v) is 4.19. The van der Waals surface area contributed by atoms with Gasteiger partial charge in [-0.15, -0.1) is 0 Å². The molecule has 0 saturated heterocycles. The van der Waals surface area contributed by atoms with Crippen molar-refractivity contribution in [2.24, 2.45) is 5.73 Å². The highest BCUT2D eigenvalue weighted by Crippen LogP contribution is 2.24. The number of aryl methyl sites for hydroxylation is 1. The van der Waals surface area contributed by atoms with E-state index in [1.54, 1.807) is 12.1 Å². The van der Waals surface area contributed by atoms with Gasteiger partial charge in [0.15, 0.2) is 0 Å². The van der Waals surface area contributed by atoms with Crippen LogP contribution < -0.4 is 11.1 Å². The SMILES string of the molecule is Cc1cc(C(N)=O)ccc1NCc1ccc(Cl)c(Br)c1. The van der Waals surface area contributed by atoms with E-state index in [9.17, 15) is 4.79 Å². The normalized spacial score (nSPS) is 10.3. The molecule has 0 unspecified atom stereocenters. The standard InChI is InChI=1S/C15H14BrClN2O/c1-9-6-11(15(18)20)3-5-14(9)19-8-10-2-4-13(17)12(16)7-10/h2-7,19H,8H2,1H3,(H2,18,20). The molecule has 0 aliphatic rings. The molecule has 0 saturated carbocycles. The summed E-state index contributed by atoms with van der Waals surface area (Å²) in [5.41, 5.74) is 8.83. The maximum Gasteiger partial charge on any atom is 0.248 e. The molecule has 104 valence electrons. The third-order valence-electron chi connectivity index (χ3n) is 2.98. The molecule has 2 aromatic rings. The molecule has 0 fully saturated rings. The first-order valence-corrected chi connectivity index (χ1v) is 7.22. The van der Waals surface area contributed by atoms with Crippen molar-refractivity contribution in [2.75, 3.05) is 5.32 Å². The number of rotatable bonds is 4. The topological polar surface area (TPSA) is 55.1 Å². The second-order valence-electron chi connectivity index (χ2n) is 4.50. The summed E-state index contributed by atoms with van der Waals surface area (Å²) in [6, 6.07) is 11.2. The van der Waals surface area contributed by atoms with Crippen molar-refractivity contribution in [3.8, 4) is 0 Å². The minimum absolute atomic E-state index is 0.415. The van der Waals surface area contributed by atoms with Crippen molar-refractivity contribution < 1.29 is 4.79 Å². The van der Waals surface area contributed by atoms with Gasteiger partial charge in [0.2, 0.25) is 5.91 Å². The molecule has 0 radical (unpaired) electrons. The van der Waals surface area contributed by atoms with Crippen LogP contribution in [0.3, 0.4) is 0 Å². The Morgan fingerprint density at radius 3 is 2.65 bits per heavy atom. The highest BCUT2D eigenvalue weighted by molar-refractivity contribution is 9.10. The Morgan fingerprint density at radius 1 is 1.30 bits per heavy atom. The molecule has 5 heteroatoms. The van der Waals surface area contributed by atoms with E-state index in [4.69, 9.17) is 17.3 Å². The van der Waals surface area contributed by atoms with Crippen LogP contribution in [0.2, 0.25) is 5.02 Å². The number of nitrogens with one attached hydrogen (secondary N) is 1. The molecule has 3 N–H and O–H groups in total. The monoisotopic (exact) mass is 352 g/mol. The fraction of sp³-hybridized carbons (Fsp3) is 0.133. The van der Waals surface area contributed by atoms with Gasteiger partial charge < -0.3 is 11.1 Å². The molecule has 0 heterocycles. The van der Waals surface area contributed by atoms with Gasteiger partial charge in [0.1, 0.15) is 0 Å². The van der Waals surface area contributed by atoms with Crippen LogP contribution in [-0.4, -0.2) is 5.91 Å². The van der Waals surface area contributed by atoms with Crippen LogP contribution in [0.25, 0.3) is 0 Å². The van der Waals surface area contributed by atoms with E-state index >= 15 is 0 Å². The number of carbonyl (C=O) groups excluding carboxylic acids is 1. The second-order valence-corrected chi connectivity index (χ2v) is 5.76. The first-order valence-electron chi connectivity index (χ1n) is 6.05. The minimum Gasteiger partial charge on any atom is -0.381 e. The van der Waals surface area contributed by atoms with E-state index in [-0.39, 0.29) is 0 Å². The van der Waals surface area contributed by atoms with Gasteiger partial charge >= 0.3 is 0 Å². The Morgan fingerprint density at radius 2 is 2.05 bits per heavy atom. The maximum atomic E-state index is 11.1. The van der Waals surface area contributed by atoms with E-state index in [0.29, 0.717) is 17.1 Å². The van der Waals surface area contributed by atoms with Gasteiger partial charge in [-0.3, -0.25) is 4.79 Å². The average Bonchev–Trinajstić information content (AvgIpc) is 2.41. The number of benzene rings is 2. The van der Waals surface area contributed by atoms with Crippen LogP contribution in [0, 0.1) is 6.92 Å². The first kappa shape index (κ1) is 14.9. The predicted octanol–water partition coefficient (Wildman–Crippen LogP) is 4.12. The van der Waals surface area contributed by atoms with Crippen LogP contribution in [0.1, 0.15) is 21.5 Å². The van der Waals surface area contributed by atoms with Crippen LogP contribution in [0.15, 0.2) is 40.9 Å². The molecule has 0 aliphatic heterocycles. The zero-order valence-electron chi connectivity index (χ0n) is 10.9. The Hall–Kier alpha value is -1.52. The van der Waals surface area contributed by atoms with E-state index in [1.165, 1.54) is 0 Å². The molecule has 2 aromatic carbocycles. The van der Waals surface area contributed by atoms with Crippen LogP contribution in [0.4, 0.5) is 5.69 Å². The highest BCUT2D eigenvalue weighted by atomic mass is 79.9. The van der Waals surface area contributed by atoms with E-state index in [2.05, 4.69) is 21.2 Å². The number of hydrogen-bond acceptors (Lipinski definition) is 2. The number of nitrogens with two attached hydrogens (primary N) is 1. The number of primary amides is 1. The van der Waals surface area contributed by atoms with E-state index < -0.39 is 5.91 Å². The second kappa shape index (κ2) is 6.29. The zero-order chi connectivity index (χ0) is 14.7. The maximum absolute atomic E-state index is 11.1. The molecular formula is C15H14BrClN2O. The summed E-state index contributed by atoms with van der Waals surface area (Å²) in [5.74, 6) is -0.415. The van der Waals surface area contributed by atoms with Crippen LogP contribution >= 0.6 is 27.5 Å². The van der Waals surface area contributed by atoms with Crippen molar-refractivity contribution in [3.63, 3.8) is 0 Å². The van der Waals surface area contributed by atoms with Gasteiger partial charge in [0.25, 0.3) is 0 Å². The Labute approximate surface area is 131 Å². The molecule has 1 amide bonds. The first-order chi connectivity index (χ1) is 9.47. The fourth-order valence-corrected chi connectivity index (χ4v) is 2.41. The van der Waals surface area contributed by atoms with Crippen LogP contribution in [0.5, 0.6) is 0 Å². The van der Waals surface area contributed by atoms with Crippen molar-refractivity contribution in [1.82, 2.24) is 0 Å². The number of halogens is 2. The molecule has 20 heavy (non-hydrogen) atoms. The quantitative estimate of drug-likeness (QED) is 0.868. The van der Waals surface area contributed by atoms with E-state index in [0.717, 1.165) is 21.3 Å².